The average Bonchev–Trinajstić information content (AvgIpc) is 2.49. The van der Waals surface area contributed by atoms with Gasteiger partial charge in [0.25, 0.3) is 0 Å². The predicted molar refractivity (Wildman–Crippen MR) is 82.3 cm³/mol. The topological polar surface area (TPSA) is 64.4 Å². The van der Waals surface area contributed by atoms with Crippen LogP contribution in [0.4, 0.5) is 5.69 Å². The molecule has 21 heavy (non-hydrogen) atoms. The molecule has 0 bridgehead atoms. The van der Waals surface area contributed by atoms with Gasteiger partial charge in [-0.25, -0.2) is 0 Å². The number of rotatable bonds is 4. The minimum atomic E-state index is -0.323. The number of para-hydroxylation sites is 2. The van der Waals surface area contributed by atoms with E-state index in [-0.39, 0.29) is 18.4 Å². The van der Waals surface area contributed by atoms with Gasteiger partial charge in [-0.05, 0) is 17.7 Å². The summed E-state index contributed by atoms with van der Waals surface area (Å²) in [6, 6.07) is 16.0. The standard InChI is InChI=1S/C17H18N2O2/c18-17(20)11-12-5-1-3-7-14(12)19-15-9-10-21-16-8-4-2-6-13(15)16/h1-8,15,19H,9-11H2,(H2,18,20). The summed E-state index contributed by atoms with van der Waals surface area (Å²) in [5, 5.41) is 3.52. The summed E-state index contributed by atoms with van der Waals surface area (Å²) < 4.78 is 5.67. The number of carbonyl (C=O) groups is 1. The van der Waals surface area contributed by atoms with E-state index in [0.29, 0.717) is 6.61 Å². The number of carbonyl (C=O) groups excluding carboxylic acids is 1. The molecule has 4 nitrogen and oxygen atoms in total. The number of nitrogens with one attached hydrogen (secondary N) is 1. The molecule has 1 heterocycles. The molecule has 0 spiro atoms. The van der Waals surface area contributed by atoms with Gasteiger partial charge in [-0.1, -0.05) is 36.4 Å². The number of nitrogens with two attached hydrogens (primary N) is 1. The summed E-state index contributed by atoms with van der Waals surface area (Å²) in [5.74, 6) is 0.602. The molecule has 1 unspecified atom stereocenters. The first-order valence-electron chi connectivity index (χ1n) is 7.08. The summed E-state index contributed by atoms with van der Waals surface area (Å²) in [4.78, 5) is 11.2. The Labute approximate surface area is 123 Å². The lowest BCUT2D eigenvalue weighted by Gasteiger charge is -2.28. The molecule has 4 heteroatoms. The normalized spacial score (nSPS) is 16.7. The minimum absolute atomic E-state index is 0.184. The number of anilines is 1. The summed E-state index contributed by atoms with van der Waals surface area (Å²) in [6.45, 7) is 0.687. The molecule has 1 aliphatic rings. The fraction of sp³-hybridized carbons (Fsp3) is 0.235. The van der Waals surface area contributed by atoms with E-state index in [9.17, 15) is 4.79 Å². The van der Waals surface area contributed by atoms with E-state index in [1.807, 2.05) is 42.5 Å². The molecule has 2 aromatic carbocycles. The molecule has 0 aromatic heterocycles. The van der Waals surface area contributed by atoms with Gasteiger partial charge >= 0.3 is 0 Å². The predicted octanol–water partition coefficient (Wildman–Crippen LogP) is 2.65. The zero-order chi connectivity index (χ0) is 14.7. The molecule has 0 fully saturated rings. The van der Waals surface area contributed by atoms with Crippen molar-refractivity contribution in [1.82, 2.24) is 0 Å². The van der Waals surface area contributed by atoms with E-state index in [1.54, 1.807) is 0 Å². The van der Waals surface area contributed by atoms with E-state index in [0.717, 1.165) is 29.0 Å². The highest BCUT2D eigenvalue weighted by Gasteiger charge is 2.21. The molecular formula is C17H18N2O2. The van der Waals surface area contributed by atoms with Gasteiger partial charge in [0, 0.05) is 17.7 Å². The third kappa shape index (κ3) is 2.99. The molecule has 3 rings (SSSR count). The lowest BCUT2D eigenvalue weighted by Crippen LogP contribution is -2.21. The molecule has 0 saturated carbocycles. The Balaban J connectivity index is 1.86. The highest BCUT2D eigenvalue weighted by Crippen LogP contribution is 2.34. The lowest BCUT2D eigenvalue weighted by atomic mass is 9.99. The van der Waals surface area contributed by atoms with Crippen LogP contribution >= 0.6 is 0 Å². The Bertz CT molecular complexity index is 655. The second-order valence-corrected chi connectivity index (χ2v) is 5.17. The van der Waals surface area contributed by atoms with Gasteiger partial charge in [-0.3, -0.25) is 4.79 Å². The molecule has 0 saturated heterocycles. The monoisotopic (exact) mass is 282 g/mol. The maximum atomic E-state index is 11.2. The second-order valence-electron chi connectivity index (χ2n) is 5.17. The molecule has 1 aliphatic heterocycles. The number of fused-ring (bicyclic) bond motifs is 1. The molecule has 0 radical (unpaired) electrons. The van der Waals surface area contributed by atoms with Crippen LogP contribution in [0.3, 0.4) is 0 Å². The van der Waals surface area contributed by atoms with Gasteiger partial charge in [-0.15, -0.1) is 0 Å². The summed E-state index contributed by atoms with van der Waals surface area (Å²) in [7, 11) is 0. The number of ether oxygens (including phenoxy) is 1. The van der Waals surface area contributed by atoms with Gasteiger partial charge in [0.15, 0.2) is 0 Å². The number of hydrogen-bond donors (Lipinski definition) is 2. The van der Waals surface area contributed by atoms with Crippen molar-refractivity contribution in [2.24, 2.45) is 5.73 Å². The molecule has 1 atom stereocenters. The van der Waals surface area contributed by atoms with Crippen molar-refractivity contribution in [3.05, 3.63) is 59.7 Å². The zero-order valence-electron chi connectivity index (χ0n) is 11.7. The van der Waals surface area contributed by atoms with Crippen LogP contribution in [0.1, 0.15) is 23.6 Å². The first-order valence-corrected chi connectivity index (χ1v) is 7.08. The molecular weight excluding hydrogens is 264 g/mol. The Kier molecular flexibility index (Phi) is 3.77. The van der Waals surface area contributed by atoms with Crippen LogP contribution < -0.4 is 15.8 Å². The Morgan fingerprint density at radius 2 is 1.95 bits per heavy atom. The third-order valence-electron chi connectivity index (χ3n) is 3.67. The maximum absolute atomic E-state index is 11.2. The average molecular weight is 282 g/mol. The largest absolute Gasteiger partial charge is 0.493 e. The first kappa shape index (κ1) is 13.5. The Hall–Kier alpha value is -2.49. The SMILES string of the molecule is NC(=O)Cc1ccccc1NC1CCOc2ccccc21. The summed E-state index contributed by atoms with van der Waals surface area (Å²) in [6.07, 6.45) is 1.13. The van der Waals surface area contributed by atoms with E-state index >= 15 is 0 Å². The summed E-state index contributed by atoms with van der Waals surface area (Å²) >= 11 is 0. The molecule has 0 aliphatic carbocycles. The van der Waals surface area contributed by atoms with E-state index < -0.39 is 0 Å². The first-order chi connectivity index (χ1) is 10.2. The van der Waals surface area contributed by atoms with Crippen LogP contribution in [0.5, 0.6) is 5.75 Å². The third-order valence-corrected chi connectivity index (χ3v) is 3.67. The highest BCUT2D eigenvalue weighted by molar-refractivity contribution is 5.78. The van der Waals surface area contributed by atoms with Crippen LogP contribution in [0, 0.1) is 0 Å². The fourth-order valence-electron chi connectivity index (χ4n) is 2.68. The van der Waals surface area contributed by atoms with Gasteiger partial charge in [-0.2, -0.15) is 0 Å². The van der Waals surface area contributed by atoms with Crippen LogP contribution in [0.2, 0.25) is 0 Å². The Morgan fingerprint density at radius 3 is 2.81 bits per heavy atom. The quantitative estimate of drug-likeness (QED) is 0.906. The van der Waals surface area contributed by atoms with Crippen LogP contribution in [-0.4, -0.2) is 12.5 Å². The smallest absolute Gasteiger partial charge is 0.221 e. The van der Waals surface area contributed by atoms with Crippen molar-refractivity contribution in [1.29, 1.82) is 0 Å². The van der Waals surface area contributed by atoms with Gasteiger partial charge in [0.1, 0.15) is 5.75 Å². The Morgan fingerprint density at radius 1 is 1.19 bits per heavy atom. The molecule has 1 amide bonds. The fourth-order valence-corrected chi connectivity index (χ4v) is 2.68. The van der Waals surface area contributed by atoms with Crippen LogP contribution in [0.15, 0.2) is 48.5 Å². The number of primary amides is 1. The molecule has 108 valence electrons. The van der Waals surface area contributed by atoms with Crippen molar-refractivity contribution in [2.45, 2.75) is 18.9 Å². The number of amides is 1. The summed E-state index contributed by atoms with van der Waals surface area (Å²) in [5.41, 5.74) is 8.35. The van der Waals surface area contributed by atoms with E-state index in [1.165, 1.54) is 0 Å². The highest BCUT2D eigenvalue weighted by atomic mass is 16.5. The number of hydrogen-bond acceptors (Lipinski definition) is 3. The lowest BCUT2D eigenvalue weighted by molar-refractivity contribution is -0.117. The molecule has 3 N–H and O–H groups in total. The van der Waals surface area contributed by atoms with Crippen molar-refractivity contribution >= 4 is 11.6 Å². The van der Waals surface area contributed by atoms with Crippen LogP contribution in [-0.2, 0) is 11.2 Å². The van der Waals surface area contributed by atoms with Gasteiger partial charge < -0.3 is 15.8 Å². The van der Waals surface area contributed by atoms with Crippen molar-refractivity contribution in [2.75, 3.05) is 11.9 Å². The van der Waals surface area contributed by atoms with Crippen LogP contribution in [0.25, 0.3) is 0 Å². The van der Waals surface area contributed by atoms with Crippen molar-refractivity contribution in [3.63, 3.8) is 0 Å². The maximum Gasteiger partial charge on any atom is 0.221 e. The minimum Gasteiger partial charge on any atom is -0.493 e. The van der Waals surface area contributed by atoms with Crippen molar-refractivity contribution < 1.29 is 9.53 Å². The van der Waals surface area contributed by atoms with E-state index in [2.05, 4.69) is 11.4 Å². The zero-order valence-corrected chi connectivity index (χ0v) is 11.7. The number of benzene rings is 2. The van der Waals surface area contributed by atoms with Gasteiger partial charge in [0.05, 0.1) is 19.1 Å². The second kappa shape index (κ2) is 5.87. The van der Waals surface area contributed by atoms with Crippen molar-refractivity contribution in [3.8, 4) is 5.75 Å². The molecule has 2 aromatic rings. The van der Waals surface area contributed by atoms with Gasteiger partial charge in [0.2, 0.25) is 5.91 Å². The van der Waals surface area contributed by atoms with E-state index in [4.69, 9.17) is 10.5 Å².